The predicted molar refractivity (Wildman–Crippen MR) is 93.7 cm³/mol. The van der Waals surface area contributed by atoms with E-state index in [2.05, 4.69) is 20.9 Å². The van der Waals surface area contributed by atoms with Crippen LogP contribution in [0.25, 0.3) is 0 Å². The molecule has 3 amide bonds. The van der Waals surface area contributed by atoms with E-state index in [1.54, 1.807) is 0 Å². The standard InChI is InChI=1S/C14H27N7O5/c1-7(15)11(24)20-8(2)12(25)21-9(4-3-5-18-14(16)17)13(26)19-6-10(22)23/h7-9H,3-6,15H2,1-2H3,(H,19,26)(H,20,24)(H,21,25)(H,22,23)(H4,16,17,18). The third kappa shape index (κ3) is 10.1. The van der Waals surface area contributed by atoms with E-state index in [0.29, 0.717) is 6.42 Å². The molecule has 26 heavy (non-hydrogen) atoms. The minimum absolute atomic E-state index is 0.104. The maximum absolute atomic E-state index is 12.2. The van der Waals surface area contributed by atoms with Gasteiger partial charge in [-0.25, -0.2) is 0 Å². The minimum atomic E-state index is -1.22. The first-order chi connectivity index (χ1) is 12.0. The quantitative estimate of drug-likeness (QED) is 0.110. The number of carbonyl (C=O) groups is 4. The number of aliphatic imine (C=N–C) groups is 1. The maximum Gasteiger partial charge on any atom is 0.322 e. The molecule has 0 fully saturated rings. The Hall–Kier alpha value is -2.89. The highest BCUT2D eigenvalue weighted by Crippen LogP contribution is 2.00. The molecule has 12 nitrogen and oxygen atoms in total. The second kappa shape index (κ2) is 11.6. The van der Waals surface area contributed by atoms with Gasteiger partial charge in [0.15, 0.2) is 5.96 Å². The molecule has 0 saturated heterocycles. The van der Waals surface area contributed by atoms with Gasteiger partial charge in [0.05, 0.1) is 6.04 Å². The summed E-state index contributed by atoms with van der Waals surface area (Å²) in [7, 11) is 0. The van der Waals surface area contributed by atoms with Crippen LogP contribution in [-0.4, -0.2) is 66.0 Å². The van der Waals surface area contributed by atoms with Gasteiger partial charge in [0.2, 0.25) is 17.7 Å². The van der Waals surface area contributed by atoms with Crippen LogP contribution in [0.4, 0.5) is 0 Å². The molecular formula is C14H27N7O5. The number of nitrogens with one attached hydrogen (secondary N) is 3. The van der Waals surface area contributed by atoms with Crippen molar-refractivity contribution in [2.75, 3.05) is 13.1 Å². The van der Waals surface area contributed by atoms with Gasteiger partial charge in [-0.3, -0.25) is 24.2 Å². The fourth-order valence-corrected chi connectivity index (χ4v) is 1.77. The van der Waals surface area contributed by atoms with Crippen molar-refractivity contribution in [3.8, 4) is 0 Å². The second-order valence-electron chi connectivity index (χ2n) is 5.64. The van der Waals surface area contributed by atoms with Crippen molar-refractivity contribution in [3.63, 3.8) is 0 Å². The van der Waals surface area contributed by atoms with Gasteiger partial charge in [-0.15, -0.1) is 0 Å². The van der Waals surface area contributed by atoms with Crippen LogP contribution in [0.1, 0.15) is 26.7 Å². The molecule has 0 heterocycles. The Morgan fingerprint density at radius 3 is 2.15 bits per heavy atom. The van der Waals surface area contributed by atoms with Gasteiger partial charge in [-0.05, 0) is 26.7 Å². The lowest BCUT2D eigenvalue weighted by molar-refractivity contribution is -0.138. The van der Waals surface area contributed by atoms with E-state index in [1.807, 2.05) is 0 Å². The van der Waals surface area contributed by atoms with Gasteiger partial charge in [0, 0.05) is 6.54 Å². The van der Waals surface area contributed by atoms with Crippen LogP contribution < -0.4 is 33.2 Å². The molecule has 0 aromatic rings. The smallest absolute Gasteiger partial charge is 0.322 e. The van der Waals surface area contributed by atoms with Crippen LogP contribution >= 0.6 is 0 Å². The molecule has 0 aromatic heterocycles. The zero-order chi connectivity index (χ0) is 20.3. The first-order valence-electron chi connectivity index (χ1n) is 7.95. The zero-order valence-electron chi connectivity index (χ0n) is 14.8. The lowest BCUT2D eigenvalue weighted by Gasteiger charge is -2.21. The first-order valence-corrected chi connectivity index (χ1v) is 7.95. The number of carboxylic acid groups (broad SMARTS) is 1. The number of amides is 3. The normalized spacial score (nSPS) is 13.7. The van der Waals surface area contributed by atoms with Crippen molar-refractivity contribution < 1.29 is 24.3 Å². The summed E-state index contributed by atoms with van der Waals surface area (Å²) in [5, 5.41) is 15.7. The number of nitrogens with two attached hydrogens (primary N) is 3. The molecule has 0 aliphatic heterocycles. The number of nitrogens with zero attached hydrogens (tertiary/aromatic N) is 1. The third-order valence-corrected chi connectivity index (χ3v) is 3.16. The van der Waals surface area contributed by atoms with E-state index in [9.17, 15) is 19.2 Å². The van der Waals surface area contributed by atoms with Crippen LogP contribution in [0.15, 0.2) is 4.99 Å². The number of guanidine groups is 1. The van der Waals surface area contributed by atoms with Gasteiger partial charge < -0.3 is 38.3 Å². The highest BCUT2D eigenvalue weighted by atomic mass is 16.4. The fourth-order valence-electron chi connectivity index (χ4n) is 1.77. The summed E-state index contributed by atoms with van der Waals surface area (Å²) < 4.78 is 0. The maximum atomic E-state index is 12.2. The molecule has 0 spiro atoms. The molecular weight excluding hydrogens is 346 g/mol. The summed E-state index contributed by atoms with van der Waals surface area (Å²) in [4.78, 5) is 50.1. The van der Waals surface area contributed by atoms with Crippen molar-refractivity contribution in [3.05, 3.63) is 0 Å². The molecule has 0 aromatic carbocycles. The summed E-state index contributed by atoms with van der Waals surface area (Å²) >= 11 is 0. The topological polar surface area (TPSA) is 215 Å². The summed E-state index contributed by atoms with van der Waals surface area (Å²) in [5.41, 5.74) is 15.8. The van der Waals surface area contributed by atoms with Crippen LogP contribution in [0.2, 0.25) is 0 Å². The molecule has 10 N–H and O–H groups in total. The summed E-state index contributed by atoms with van der Waals surface area (Å²) in [6.45, 7) is 2.54. The van der Waals surface area contributed by atoms with Crippen LogP contribution in [0.5, 0.6) is 0 Å². The molecule has 0 radical (unpaired) electrons. The highest BCUT2D eigenvalue weighted by molar-refractivity contribution is 5.93. The Morgan fingerprint density at radius 1 is 1.04 bits per heavy atom. The van der Waals surface area contributed by atoms with Crippen LogP contribution in [0.3, 0.4) is 0 Å². The van der Waals surface area contributed by atoms with Crippen molar-refractivity contribution in [1.82, 2.24) is 16.0 Å². The molecule has 0 rings (SSSR count). The molecule has 3 atom stereocenters. The zero-order valence-corrected chi connectivity index (χ0v) is 14.8. The highest BCUT2D eigenvalue weighted by Gasteiger charge is 2.24. The molecule has 0 bridgehead atoms. The number of hydrogen-bond acceptors (Lipinski definition) is 6. The summed E-state index contributed by atoms with van der Waals surface area (Å²) in [5.74, 6) is -3.13. The van der Waals surface area contributed by atoms with E-state index in [1.165, 1.54) is 13.8 Å². The third-order valence-electron chi connectivity index (χ3n) is 3.16. The Bertz CT molecular complexity index is 546. The summed E-state index contributed by atoms with van der Waals surface area (Å²) in [6.07, 6.45) is 0.534. The average Bonchev–Trinajstić information content (AvgIpc) is 2.54. The number of carboxylic acids is 1. The molecule has 0 aliphatic carbocycles. The van der Waals surface area contributed by atoms with Crippen molar-refractivity contribution in [1.29, 1.82) is 0 Å². The van der Waals surface area contributed by atoms with E-state index >= 15 is 0 Å². The average molecular weight is 373 g/mol. The fraction of sp³-hybridized carbons (Fsp3) is 0.643. The SMILES string of the molecule is CC(N)C(=O)NC(C)C(=O)NC(CCCN=C(N)N)C(=O)NCC(=O)O. The minimum Gasteiger partial charge on any atom is -0.480 e. The number of rotatable bonds is 11. The largest absolute Gasteiger partial charge is 0.480 e. The van der Waals surface area contributed by atoms with Crippen LogP contribution in [-0.2, 0) is 19.2 Å². The Labute approximate surface area is 150 Å². The van der Waals surface area contributed by atoms with Gasteiger partial charge in [0.25, 0.3) is 0 Å². The molecule has 12 heteroatoms. The monoisotopic (exact) mass is 373 g/mol. The molecule has 148 valence electrons. The summed E-state index contributed by atoms with van der Waals surface area (Å²) in [6, 6.07) is -2.73. The first kappa shape index (κ1) is 23.1. The Balaban J connectivity index is 4.82. The van der Waals surface area contributed by atoms with Crippen molar-refractivity contribution in [2.45, 2.75) is 44.8 Å². The lowest BCUT2D eigenvalue weighted by Crippen LogP contribution is -2.54. The number of aliphatic carboxylic acids is 1. The van der Waals surface area contributed by atoms with E-state index in [-0.39, 0.29) is 18.9 Å². The van der Waals surface area contributed by atoms with Gasteiger partial charge >= 0.3 is 5.97 Å². The van der Waals surface area contributed by atoms with E-state index in [0.717, 1.165) is 0 Å². The predicted octanol–water partition coefficient (Wildman–Crippen LogP) is -3.42. The Morgan fingerprint density at radius 2 is 1.65 bits per heavy atom. The molecule has 0 aliphatic rings. The lowest BCUT2D eigenvalue weighted by atomic mass is 10.1. The number of carbonyl (C=O) groups excluding carboxylic acids is 3. The Kier molecular flexibility index (Phi) is 10.3. The van der Waals surface area contributed by atoms with Crippen molar-refractivity contribution in [2.24, 2.45) is 22.2 Å². The molecule has 0 saturated carbocycles. The van der Waals surface area contributed by atoms with E-state index in [4.69, 9.17) is 22.3 Å². The number of hydrogen-bond donors (Lipinski definition) is 7. The molecule has 3 unspecified atom stereocenters. The second-order valence-corrected chi connectivity index (χ2v) is 5.64. The van der Waals surface area contributed by atoms with Gasteiger partial charge in [0.1, 0.15) is 18.6 Å². The van der Waals surface area contributed by atoms with E-state index < -0.39 is 48.4 Å². The van der Waals surface area contributed by atoms with Crippen LogP contribution in [0, 0.1) is 0 Å². The van der Waals surface area contributed by atoms with Gasteiger partial charge in [-0.1, -0.05) is 0 Å². The van der Waals surface area contributed by atoms with Crippen molar-refractivity contribution >= 4 is 29.7 Å². The van der Waals surface area contributed by atoms with Gasteiger partial charge in [-0.2, -0.15) is 0 Å².